The van der Waals surface area contributed by atoms with Crippen LogP contribution in [0.1, 0.15) is 16.7 Å². The molecule has 0 fully saturated rings. The van der Waals surface area contributed by atoms with Crippen molar-refractivity contribution >= 4 is 29.0 Å². The normalized spacial score (nSPS) is 10.7. The Morgan fingerprint density at radius 3 is 2.61 bits per heavy atom. The van der Waals surface area contributed by atoms with Crippen LogP contribution >= 0.6 is 11.8 Å². The number of carbonyl (C=O) groups is 1. The van der Waals surface area contributed by atoms with E-state index in [1.807, 2.05) is 42.7 Å². The number of anilines is 1. The van der Waals surface area contributed by atoms with Crippen molar-refractivity contribution in [2.45, 2.75) is 25.9 Å². The maximum atomic E-state index is 12.4. The molecule has 0 saturated heterocycles. The number of benzene rings is 2. The first-order valence-electron chi connectivity index (χ1n) is 8.51. The van der Waals surface area contributed by atoms with E-state index >= 15 is 0 Å². The van der Waals surface area contributed by atoms with E-state index in [0.29, 0.717) is 5.16 Å². The van der Waals surface area contributed by atoms with Gasteiger partial charge in [0.05, 0.1) is 16.4 Å². The zero-order valence-electron chi connectivity index (χ0n) is 15.7. The minimum Gasteiger partial charge on any atom is -0.320 e. The van der Waals surface area contributed by atoms with Gasteiger partial charge in [0.25, 0.3) is 5.69 Å². The molecule has 1 amide bonds. The molecule has 2 aromatic carbocycles. The molecule has 0 unspecified atom stereocenters. The van der Waals surface area contributed by atoms with Crippen LogP contribution in [0, 0.1) is 30.9 Å². The van der Waals surface area contributed by atoms with E-state index in [9.17, 15) is 14.9 Å². The molecule has 144 valence electrons. The van der Waals surface area contributed by atoms with Crippen molar-refractivity contribution in [2.24, 2.45) is 0 Å². The number of rotatable bonds is 6. The maximum Gasteiger partial charge on any atom is 0.293 e. The predicted octanol–water partition coefficient (Wildman–Crippen LogP) is 3.83. The summed E-state index contributed by atoms with van der Waals surface area (Å²) in [4.78, 5) is 23.2. The van der Waals surface area contributed by atoms with Crippen LogP contribution in [0.3, 0.4) is 0 Å². The van der Waals surface area contributed by atoms with Crippen molar-refractivity contribution in [3.05, 3.63) is 69.5 Å². The Morgan fingerprint density at radius 1 is 1.18 bits per heavy atom. The number of carbonyl (C=O) groups excluding carboxylic acids is 1. The molecule has 0 aliphatic rings. The van der Waals surface area contributed by atoms with Crippen LogP contribution in [-0.2, 0) is 4.79 Å². The van der Waals surface area contributed by atoms with Gasteiger partial charge in [0.1, 0.15) is 12.0 Å². The Kier molecular flexibility index (Phi) is 5.74. The predicted molar refractivity (Wildman–Crippen MR) is 108 cm³/mol. The molecule has 0 saturated carbocycles. The van der Waals surface area contributed by atoms with Gasteiger partial charge in [0.15, 0.2) is 5.16 Å². The first-order chi connectivity index (χ1) is 13.4. The third-order valence-corrected chi connectivity index (χ3v) is 5.25. The van der Waals surface area contributed by atoms with Gasteiger partial charge >= 0.3 is 0 Å². The van der Waals surface area contributed by atoms with Crippen molar-refractivity contribution in [1.29, 1.82) is 0 Å². The Labute approximate surface area is 166 Å². The largest absolute Gasteiger partial charge is 0.320 e. The van der Waals surface area contributed by atoms with Crippen molar-refractivity contribution in [3.8, 4) is 5.69 Å². The molecule has 0 spiro atoms. The highest BCUT2D eigenvalue weighted by atomic mass is 32.2. The number of aromatic nitrogens is 3. The van der Waals surface area contributed by atoms with Gasteiger partial charge in [-0.05, 0) is 49.6 Å². The van der Waals surface area contributed by atoms with Crippen LogP contribution in [0.2, 0.25) is 0 Å². The van der Waals surface area contributed by atoms with Crippen molar-refractivity contribution in [3.63, 3.8) is 0 Å². The van der Waals surface area contributed by atoms with E-state index in [0.717, 1.165) is 22.4 Å². The lowest BCUT2D eigenvalue weighted by Gasteiger charge is -2.10. The number of nitro groups is 1. The summed E-state index contributed by atoms with van der Waals surface area (Å²) in [5.41, 5.74) is 3.72. The minimum absolute atomic E-state index is 0.0503. The van der Waals surface area contributed by atoms with Gasteiger partial charge in [-0.2, -0.15) is 0 Å². The molecule has 0 bridgehead atoms. The Morgan fingerprint density at radius 2 is 1.89 bits per heavy atom. The van der Waals surface area contributed by atoms with Gasteiger partial charge in [-0.25, -0.2) is 0 Å². The average Bonchev–Trinajstić information content (AvgIpc) is 3.11. The maximum absolute atomic E-state index is 12.4. The van der Waals surface area contributed by atoms with Gasteiger partial charge in [-0.3, -0.25) is 19.5 Å². The lowest BCUT2D eigenvalue weighted by Crippen LogP contribution is -2.16. The molecular formula is C19H19N5O3S. The Hall–Kier alpha value is -3.20. The van der Waals surface area contributed by atoms with Gasteiger partial charge in [0, 0.05) is 6.07 Å². The highest BCUT2D eigenvalue weighted by Crippen LogP contribution is 2.28. The van der Waals surface area contributed by atoms with Crippen LogP contribution < -0.4 is 5.32 Å². The molecule has 1 aromatic heterocycles. The van der Waals surface area contributed by atoms with Crippen molar-refractivity contribution in [1.82, 2.24) is 14.8 Å². The van der Waals surface area contributed by atoms with E-state index < -0.39 is 4.92 Å². The summed E-state index contributed by atoms with van der Waals surface area (Å²) < 4.78 is 1.81. The number of nitrogens with one attached hydrogen (secondary N) is 1. The third-order valence-electron chi connectivity index (χ3n) is 4.31. The first kappa shape index (κ1) is 19.6. The van der Waals surface area contributed by atoms with E-state index in [2.05, 4.69) is 15.5 Å². The van der Waals surface area contributed by atoms with Gasteiger partial charge in [0.2, 0.25) is 5.91 Å². The van der Waals surface area contributed by atoms with Crippen molar-refractivity contribution in [2.75, 3.05) is 11.1 Å². The second-order valence-corrected chi connectivity index (χ2v) is 7.26. The van der Waals surface area contributed by atoms with E-state index in [1.54, 1.807) is 19.3 Å². The number of amides is 1. The van der Waals surface area contributed by atoms with Crippen LogP contribution in [0.25, 0.3) is 5.69 Å². The molecule has 1 N–H and O–H groups in total. The number of thioether (sulfide) groups is 1. The second kappa shape index (κ2) is 8.22. The number of nitro benzene ring substituents is 1. The standard InChI is InChI=1S/C19H19N5O3S/c1-12-6-4-5-7-16(12)23-11-20-22-19(23)28-10-18(25)21-15-8-13(2)14(3)9-17(15)24(26)27/h4-9,11H,10H2,1-3H3,(H,21,25). The van der Waals surface area contributed by atoms with Crippen molar-refractivity contribution < 1.29 is 9.72 Å². The molecule has 9 heteroatoms. The van der Waals surface area contributed by atoms with E-state index in [1.165, 1.54) is 17.8 Å². The zero-order chi connectivity index (χ0) is 20.3. The SMILES string of the molecule is Cc1cc(NC(=O)CSc2nncn2-c2ccccc2C)c([N+](=O)[O-])cc1C. The molecule has 3 rings (SSSR count). The summed E-state index contributed by atoms with van der Waals surface area (Å²) in [6, 6.07) is 10.9. The molecule has 0 atom stereocenters. The highest BCUT2D eigenvalue weighted by molar-refractivity contribution is 7.99. The Balaban J connectivity index is 1.73. The smallest absolute Gasteiger partial charge is 0.293 e. The molecule has 0 aliphatic heterocycles. The number of hydrogen-bond donors (Lipinski definition) is 1. The van der Waals surface area contributed by atoms with E-state index in [4.69, 9.17) is 0 Å². The average molecular weight is 397 g/mol. The summed E-state index contributed by atoms with van der Waals surface area (Å²) in [5.74, 6) is -0.301. The first-order valence-corrected chi connectivity index (χ1v) is 9.49. The molecular weight excluding hydrogens is 378 g/mol. The third kappa shape index (κ3) is 4.20. The number of para-hydroxylation sites is 1. The highest BCUT2D eigenvalue weighted by Gasteiger charge is 2.18. The summed E-state index contributed by atoms with van der Waals surface area (Å²) in [5, 5.41) is 22.5. The van der Waals surface area contributed by atoms with Gasteiger partial charge in [-0.15, -0.1) is 10.2 Å². The van der Waals surface area contributed by atoms with Gasteiger partial charge < -0.3 is 5.32 Å². The fourth-order valence-electron chi connectivity index (χ4n) is 2.69. The molecule has 1 heterocycles. The molecule has 0 aliphatic carbocycles. The molecule has 28 heavy (non-hydrogen) atoms. The molecule has 3 aromatic rings. The van der Waals surface area contributed by atoms with E-state index in [-0.39, 0.29) is 23.0 Å². The van der Waals surface area contributed by atoms with Crippen LogP contribution in [0.15, 0.2) is 47.9 Å². The summed E-state index contributed by atoms with van der Waals surface area (Å²) in [6.45, 7) is 5.62. The fraction of sp³-hybridized carbons (Fsp3) is 0.211. The monoisotopic (exact) mass is 397 g/mol. The molecule has 0 radical (unpaired) electrons. The summed E-state index contributed by atoms with van der Waals surface area (Å²) >= 11 is 1.21. The molecule has 8 nitrogen and oxygen atoms in total. The topological polar surface area (TPSA) is 103 Å². The number of hydrogen-bond acceptors (Lipinski definition) is 6. The minimum atomic E-state index is -0.496. The summed E-state index contributed by atoms with van der Waals surface area (Å²) in [6.07, 6.45) is 1.59. The number of aryl methyl sites for hydroxylation is 3. The Bertz CT molecular complexity index is 1050. The second-order valence-electron chi connectivity index (χ2n) is 6.32. The fourth-order valence-corrected chi connectivity index (χ4v) is 3.41. The summed E-state index contributed by atoms with van der Waals surface area (Å²) in [7, 11) is 0. The number of nitrogens with zero attached hydrogens (tertiary/aromatic N) is 4. The van der Waals surface area contributed by atoms with Crippen LogP contribution in [0.5, 0.6) is 0 Å². The van der Waals surface area contributed by atoms with Gasteiger partial charge in [-0.1, -0.05) is 30.0 Å². The lowest BCUT2D eigenvalue weighted by atomic mass is 10.1. The quantitative estimate of drug-likeness (QED) is 0.385. The van der Waals surface area contributed by atoms with Crippen LogP contribution in [0.4, 0.5) is 11.4 Å². The zero-order valence-corrected chi connectivity index (χ0v) is 16.5. The van der Waals surface area contributed by atoms with Crippen LogP contribution in [-0.4, -0.2) is 31.3 Å². The lowest BCUT2D eigenvalue weighted by molar-refractivity contribution is -0.384.